The Balaban J connectivity index is 1.39. The van der Waals surface area contributed by atoms with Crippen LogP contribution in [0, 0.1) is 0 Å². The average molecular weight is 361 g/mol. The van der Waals surface area contributed by atoms with Crippen molar-refractivity contribution in [2.45, 2.75) is 25.4 Å². The summed E-state index contributed by atoms with van der Waals surface area (Å²) in [6, 6.07) is 21.7. The first kappa shape index (κ1) is 17.6. The van der Waals surface area contributed by atoms with Gasteiger partial charge in [0.2, 0.25) is 5.91 Å². The second-order valence-corrected chi connectivity index (χ2v) is 6.84. The fraction of sp³-hybridized carbons (Fsp3) is 0.261. The molecule has 1 saturated heterocycles. The van der Waals surface area contributed by atoms with E-state index in [0.29, 0.717) is 13.0 Å². The summed E-state index contributed by atoms with van der Waals surface area (Å²) in [5.41, 5.74) is 1.77. The fourth-order valence-corrected chi connectivity index (χ4v) is 3.45. The summed E-state index contributed by atoms with van der Waals surface area (Å²) >= 11 is 0. The Labute approximate surface area is 159 Å². The molecule has 3 aromatic rings. The number of rotatable bonds is 6. The van der Waals surface area contributed by atoms with Crippen LogP contribution in [0.15, 0.2) is 66.7 Å². The Morgan fingerprint density at radius 2 is 1.93 bits per heavy atom. The maximum atomic E-state index is 12.5. The molecule has 1 amide bonds. The van der Waals surface area contributed by atoms with Gasteiger partial charge in [-0.15, -0.1) is 0 Å². The van der Waals surface area contributed by atoms with Gasteiger partial charge in [0.1, 0.15) is 12.4 Å². The number of anilines is 1. The van der Waals surface area contributed by atoms with Gasteiger partial charge in [-0.2, -0.15) is 0 Å². The molecule has 4 rings (SSSR count). The summed E-state index contributed by atoms with van der Waals surface area (Å²) in [5, 5.41) is 5.23. The first-order valence-electron chi connectivity index (χ1n) is 9.39. The maximum absolute atomic E-state index is 12.5. The molecular weight excluding hydrogens is 338 g/mol. The molecule has 0 bridgehead atoms. The monoisotopic (exact) mass is 361 g/mol. The number of amides is 1. The summed E-state index contributed by atoms with van der Waals surface area (Å²) in [7, 11) is 0. The van der Waals surface area contributed by atoms with Gasteiger partial charge in [-0.05, 0) is 41.3 Å². The standard InChI is InChI=1S/C23H23NO3/c25-23(14-18-8-3-7-17-6-1-2-12-22(17)18)24-19-9-4-10-20(15-19)27-16-21-11-5-13-26-21/h1-4,6-10,12,15,21H,5,11,13-14,16H2,(H,24,25). The van der Waals surface area contributed by atoms with Crippen LogP contribution in [0.25, 0.3) is 10.8 Å². The number of fused-ring (bicyclic) bond motifs is 1. The molecule has 4 heteroatoms. The van der Waals surface area contributed by atoms with E-state index in [0.717, 1.165) is 47.2 Å². The lowest BCUT2D eigenvalue weighted by Gasteiger charge is -2.13. The Kier molecular flexibility index (Phi) is 5.35. The maximum Gasteiger partial charge on any atom is 0.228 e. The highest BCUT2D eigenvalue weighted by Crippen LogP contribution is 2.22. The summed E-state index contributed by atoms with van der Waals surface area (Å²) < 4.78 is 11.4. The van der Waals surface area contributed by atoms with Crippen LogP contribution in [0.4, 0.5) is 5.69 Å². The van der Waals surface area contributed by atoms with Crippen molar-refractivity contribution in [2.75, 3.05) is 18.5 Å². The van der Waals surface area contributed by atoms with Crippen LogP contribution in [0.5, 0.6) is 5.75 Å². The summed E-state index contributed by atoms with van der Waals surface area (Å²) in [6.07, 6.45) is 2.65. The zero-order chi connectivity index (χ0) is 18.5. The van der Waals surface area contributed by atoms with Gasteiger partial charge in [0.15, 0.2) is 0 Å². The van der Waals surface area contributed by atoms with E-state index in [1.807, 2.05) is 48.5 Å². The Morgan fingerprint density at radius 1 is 1.07 bits per heavy atom. The summed E-state index contributed by atoms with van der Waals surface area (Å²) in [5.74, 6) is 0.705. The molecule has 1 N–H and O–H groups in total. The lowest BCUT2D eigenvalue weighted by Crippen LogP contribution is -2.17. The van der Waals surface area contributed by atoms with E-state index in [2.05, 4.69) is 23.5 Å². The van der Waals surface area contributed by atoms with E-state index in [9.17, 15) is 4.79 Å². The van der Waals surface area contributed by atoms with Crippen LogP contribution in [0.1, 0.15) is 18.4 Å². The zero-order valence-electron chi connectivity index (χ0n) is 15.2. The summed E-state index contributed by atoms with van der Waals surface area (Å²) in [6.45, 7) is 1.37. The number of benzene rings is 3. The van der Waals surface area contributed by atoms with Gasteiger partial charge in [0, 0.05) is 18.4 Å². The van der Waals surface area contributed by atoms with Crippen LogP contribution in [-0.2, 0) is 16.0 Å². The number of nitrogens with one attached hydrogen (secondary N) is 1. The molecule has 4 nitrogen and oxygen atoms in total. The Morgan fingerprint density at radius 3 is 2.81 bits per heavy atom. The van der Waals surface area contributed by atoms with E-state index in [1.54, 1.807) is 0 Å². The van der Waals surface area contributed by atoms with Crippen molar-refractivity contribution in [3.05, 3.63) is 72.3 Å². The molecule has 1 aliphatic rings. The number of hydrogen-bond acceptors (Lipinski definition) is 3. The van der Waals surface area contributed by atoms with Gasteiger partial charge >= 0.3 is 0 Å². The lowest BCUT2D eigenvalue weighted by atomic mass is 10.0. The molecule has 27 heavy (non-hydrogen) atoms. The highest BCUT2D eigenvalue weighted by atomic mass is 16.5. The van der Waals surface area contributed by atoms with Crippen molar-refractivity contribution in [2.24, 2.45) is 0 Å². The Hall–Kier alpha value is -2.85. The second kappa shape index (κ2) is 8.23. The molecule has 1 fully saturated rings. The predicted molar refractivity (Wildman–Crippen MR) is 107 cm³/mol. The highest BCUT2D eigenvalue weighted by Gasteiger charge is 2.16. The van der Waals surface area contributed by atoms with Crippen LogP contribution < -0.4 is 10.1 Å². The molecule has 3 aromatic carbocycles. The SMILES string of the molecule is O=C(Cc1cccc2ccccc12)Nc1cccc(OCC2CCCO2)c1. The quantitative estimate of drug-likeness (QED) is 0.699. The topological polar surface area (TPSA) is 47.6 Å². The largest absolute Gasteiger partial charge is 0.491 e. The number of carbonyl (C=O) groups excluding carboxylic acids is 1. The zero-order valence-corrected chi connectivity index (χ0v) is 15.2. The van der Waals surface area contributed by atoms with E-state index < -0.39 is 0 Å². The van der Waals surface area contributed by atoms with Crippen LogP contribution in [-0.4, -0.2) is 25.2 Å². The molecule has 0 spiro atoms. The molecule has 0 aromatic heterocycles. The minimum absolute atomic E-state index is 0.0392. The molecule has 1 unspecified atom stereocenters. The van der Waals surface area contributed by atoms with E-state index >= 15 is 0 Å². The van der Waals surface area contributed by atoms with Crippen molar-refractivity contribution in [1.29, 1.82) is 0 Å². The van der Waals surface area contributed by atoms with Crippen LogP contribution in [0.3, 0.4) is 0 Å². The third kappa shape index (κ3) is 4.47. The molecule has 0 radical (unpaired) electrons. The minimum Gasteiger partial charge on any atom is -0.491 e. The molecule has 1 aliphatic heterocycles. The van der Waals surface area contributed by atoms with Crippen molar-refractivity contribution >= 4 is 22.4 Å². The molecular formula is C23H23NO3. The first-order valence-corrected chi connectivity index (χ1v) is 9.39. The second-order valence-electron chi connectivity index (χ2n) is 6.84. The van der Waals surface area contributed by atoms with Crippen molar-refractivity contribution in [3.8, 4) is 5.75 Å². The van der Waals surface area contributed by atoms with Crippen LogP contribution >= 0.6 is 0 Å². The molecule has 0 saturated carbocycles. The molecule has 138 valence electrons. The fourth-order valence-electron chi connectivity index (χ4n) is 3.45. The van der Waals surface area contributed by atoms with Gasteiger partial charge in [-0.1, -0.05) is 48.5 Å². The average Bonchev–Trinajstić information content (AvgIpc) is 3.21. The lowest BCUT2D eigenvalue weighted by molar-refractivity contribution is -0.115. The van der Waals surface area contributed by atoms with E-state index in [1.165, 1.54) is 0 Å². The molecule has 1 atom stereocenters. The highest BCUT2D eigenvalue weighted by molar-refractivity contribution is 5.96. The number of hydrogen-bond donors (Lipinski definition) is 1. The van der Waals surface area contributed by atoms with Crippen LogP contribution in [0.2, 0.25) is 0 Å². The molecule has 0 aliphatic carbocycles. The van der Waals surface area contributed by atoms with Crippen molar-refractivity contribution < 1.29 is 14.3 Å². The Bertz CT molecular complexity index is 926. The predicted octanol–water partition coefficient (Wildman–Crippen LogP) is 4.58. The first-order chi connectivity index (χ1) is 13.3. The summed E-state index contributed by atoms with van der Waals surface area (Å²) in [4.78, 5) is 12.5. The van der Waals surface area contributed by atoms with Crippen molar-refractivity contribution in [3.63, 3.8) is 0 Å². The van der Waals surface area contributed by atoms with Gasteiger partial charge in [0.25, 0.3) is 0 Å². The number of ether oxygens (including phenoxy) is 2. The van der Waals surface area contributed by atoms with Gasteiger partial charge in [-0.25, -0.2) is 0 Å². The number of carbonyl (C=O) groups is 1. The van der Waals surface area contributed by atoms with E-state index in [4.69, 9.17) is 9.47 Å². The van der Waals surface area contributed by atoms with Gasteiger partial charge in [0.05, 0.1) is 12.5 Å². The third-order valence-corrected chi connectivity index (χ3v) is 4.81. The van der Waals surface area contributed by atoms with E-state index in [-0.39, 0.29) is 12.0 Å². The third-order valence-electron chi connectivity index (χ3n) is 4.81. The van der Waals surface area contributed by atoms with Gasteiger partial charge in [-0.3, -0.25) is 4.79 Å². The smallest absolute Gasteiger partial charge is 0.228 e. The van der Waals surface area contributed by atoms with Crippen molar-refractivity contribution in [1.82, 2.24) is 0 Å². The minimum atomic E-state index is -0.0392. The normalized spacial score (nSPS) is 16.4. The van der Waals surface area contributed by atoms with Gasteiger partial charge < -0.3 is 14.8 Å². The molecule has 1 heterocycles.